The summed E-state index contributed by atoms with van der Waals surface area (Å²) in [5.74, 6) is 1.41. The number of nitrogens with zero attached hydrogens (tertiary/aromatic N) is 1. The highest BCUT2D eigenvalue weighted by atomic mass is 35.5. The standard InChI is InChI=1S/C25H24ClNO4/c1-30-22-13-20-15(11-12-27-21(20)14-23(22)31-2)5-3-6-16-9-10-17-18(24(16)28)7-4-8-19(17)25(26)29/h4,7-8,11-14,16H,3,5-6,9-10H2,1-2H3. The summed E-state index contributed by atoms with van der Waals surface area (Å²) in [6.45, 7) is 0. The Labute approximate surface area is 186 Å². The highest BCUT2D eigenvalue weighted by Gasteiger charge is 2.29. The molecule has 31 heavy (non-hydrogen) atoms. The predicted molar refractivity (Wildman–Crippen MR) is 121 cm³/mol. The molecule has 0 spiro atoms. The van der Waals surface area contributed by atoms with Gasteiger partial charge in [-0.25, -0.2) is 0 Å². The summed E-state index contributed by atoms with van der Waals surface area (Å²) in [4.78, 5) is 29.1. The molecule has 0 aliphatic heterocycles. The summed E-state index contributed by atoms with van der Waals surface area (Å²) in [6, 6.07) is 11.1. The summed E-state index contributed by atoms with van der Waals surface area (Å²) in [5, 5.41) is 0.533. The second-order valence-electron chi connectivity index (χ2n) is 7.79. The second kappa shape index (κ2) is 9.06. The Morgan fingerprint density at radius 2 is 1.94 bits per heavy atom. The molecule has 6 heteroatoms. The summed E-state index contributed by atoms with van der Waals surface area (Å²) < 4.78 is 10.8. The lowest BCUT2D eigenvalue weighted by molar-refractivity contribution is 0.0893. The topological polar surface area (TPSA) is 65.5 Å². The Kier molecular flexibility index (Phi) is 6.23. The number of rotatable bonds is 7. The monoisotopic (exact) mass is 437 g/mol. The average Bonchev–Trinajstić information content (AvgIpc) is 2.79. The van der Waals surface area contributed by atoms with Gasteiger partial charge in [-0.3, -0.25) is 14.6 Å². The lowest BCUT2D eigenvalue weighted by Gasteiger charge is -2.24. The van der Waals surface area contributed by atoms with Crippen LogP contribution in [-0.4, -0.2) is 30.2 Å². The molecule has 0 fully saturated rings. The number of hydrogen-bond donors (Lipinski definition) is 0. The van der Waals surface area contributed by atoms with E-state index in [1.807, 2.05) is 24.3 Å². The van der Waals surface area contributed by atoms with E-state index in [2.05, 4.69) is 4.98 Å². The van der Waals surface area contributed by atoms with Crippen molar-refractivity contribution in [1.82, 2.24) is 4.98 Å². The molecule has 0 amide bonds. The zero-order valence-corrected chi connectivity index (χ0v) is 18.4. The van der Waals surface area contributed by atoms with Gasteiger partial charge in [-0.2, -0.15) is 0 Å². The number of methoxy groups -OCH3 is 2. The quantitative estimate of drug-likeness (QED) is 0.463. The van der Waals surface area contributed by atoms with Crippen molar-refractivity contribution in [3.8, 4) is 11.5 Å². The molecule has 3 aromatic rings. The molecule has 1 aliphatic carbocycles. The van der Waals surface area contributed by atoms with Crippen LogP contribution in [0, 0.1) is 5.92 Å². The number of ether oxygens (including phenoxy) is 2. The highest BCUT2D eigenvalue weighted by Crippen LogP contribution is 2.34. The normalized spacial score (nSPS) is 15.6. The molecule has 0 bridgehead atoms. The van der Waals surface area contributed by atoms with Crippen LogP contribution in [-0.2, 0) is 12.8 Å². The fraction of sp³-hybridized carbons (Fsp3) is 0.320. The van der Waals surface area contributed by atoms with E-state index in [9.17, 15) is 9.59 Å². The Bertz CT molecular complexity index is 1160. The fourth-order valence-electron chi connectivity index (χ4n) is 4.50. The lowest BCUT2D eigenvalue weighted by atomic mass is 9.78. The van der Waals surface area contributed by atoms with Gasteiger partial charge in [0.2, 0.25) is 0 Å². The van der Waals surface area contributed by atoms with E-state index < -0.39 is 5.24 Å². The summed E-state index contributed by atoms with van der Waals surface area (Å²) >= 11 is 5.69. The first-order chi connectivity index (χ1) is 15.0. The molecule has 0 radical (unpaired) electrons. The molecule has 1 heterocycles. The number of aromatic nitrogens is 1. The van der Waals surface area contributed by atoms with Crippen LogP contribution < -0.4 is 9.47 Å². The molecule has 5 nitrogen and oxygen atoms in total. The van der Waals surface area contributed by atoms with Crippen molar-refractivity contribution in [2.24, 2.45) is 5.92 Å². The first-order valence-electron chi connectivity index (χ1n) is 10.4. The van der Waals surface area contributed by atoms with Crippen LogP contribution in [0.2, 0.25) is 0 Å². The molecule has 2 aromatic carbocycles. The number of Topliss-reactive ketones (excluding diaryl/α,β-unsaturated/α-hetero) is 1. The van der Waals surface area contributed by atoms with Crippen molar-refractivity contribution in [2.45, 2.75) is 32.1 Å². The first-order valence-corrected chi connectivity index (χ1v) is 10.8. The fourth-order valence-corrected chi connectivity index (χ4v) is 4.68. The van der Waals surface area contributed by atoms with Crippen molar-refractivity contribution < 1.29 is 19.1 Å². The number of halogens is 1. The molecule has 0 saturated heterocycles. The van der Waals surface area contributed by atoms with Gasteiger partial charge in [-0.1, -0.05) is 12.1 Å². The van der Waals surface area contributed by atoms with Crippen LogP contribution in [0.25, 0.3) is 10.9 Å². The van der Waals surface area contributed by atoms with Gasteiger partial charge in [0.25, 0.3) is 5.24 Å². The SMILES string of the molecule is COc1cc2nccc(CCCC3CCc4c(C(=O)Cl)cccc4C3=O)c2cc1OC. The van der Waals surface area contributed by atoms with Crippen molar-refractivity contribution in [1.29, 1.82) is 0 Å². The molecule has 1 aliphatic rings. The van der Waals surface area contributed by atoms with Crippen LogP contribution >= 0.6 is 11.6 Å². The Hall–Kier alpha value is -2.92. The maximum absolute atomic E-state index is 13.0. The Morgan fingerprint density at radius 3 is 2.68 bits per heavy atom. The molecule has 1 atom stereocenters. The Morgan fingerprint density at radius 1 is 1.16 bits per heavy atom. The molecule has 1 unspecified atom stereocenters. The predicted octanol–water partition coefficient (Wildman–Crippen LogP) is 5.40. The maximum atomic E-state index is 13.0. The summed E-state index contributed by atoms with van der Waals surface area (Å²) in [7, 11) is 3.23. The van der Waals surface area contributed by atoms with E-state index in [0.717, 1.165) is 42.1 Å². The van der Waals surface area contributed by atoms with Gasteiger partial charge < -0.3 is 9.47 Å². The van der Waals surface area contributed by atoms with Crippen LogP contribution in [0.15, 0.2) is 42.6 Å². The van der Waals surface area contributed by atoms with Crippen molar-refractivity contribution >= 4 is 33.5 Å². The second-order valence-corrected chi connectivity index (χ2v) is 8.14. The van der Waals surface area contributed by atoms with Crippen LogP contribution in [0.5, 0.6) is 11.5 Å². The van der Waals surface area contributed by atoms with Gasteiger partial charge >= 0.3 is 0 Å². The number of carbonyl (C=O) groups is 2. The number of hydrogen-bond acceptors (Lipinski definition) is 5. The molecule has 4 rings (SSSR count). The first kappa shape index (κ1) is 21.3. The minimum absolute atomic E-state index is 0.0316. The van der Waals surface area contributed by atoms with Gasteiger partial charge in [0.05, 0.1) is 19.7 Å². The molecule has 0 saturated carbocycles. The van der Waals surface area contributed by atoms with Gasteiger partial charge in [0.1, 0.15) is 0 Å². The highest BCUT2D eigenvalue weighted by molar-refractivity contribution is 6.68. The van der Waals surface area contributed by atoms with E-state index in [4.69, 9.17) is 21.1 Å². The summed E-state index contributed by atoms with van der Waals surface area (Å²) in [5.41, 5.74) is 3.93. The van der Waals surface area contributed by atoms with E-state index in [1.54, 1.807) is 32.5 Å². The van der Waals surface area contributed by atoms with Crippen LogP contribution in [0.4, 0.5) is 0 Å². The third kappa shape index (κ3) is 4.15. The number of pyridine rings is 1. The minimum atomic E-state index is -0.500. The van der Waals surface area contributed by atoms with Crippen LogP contribution in [0.1, 0.15) is 51.1 Å². The number of fused-ring (bicyclic) bond motifs is 2. The van der Waals surface area contributed by atoms with E-state index >= 15 is 0 Å². The van der Waals surface area contributed by atoms with Crippen LogP contribution in [0.3, 0.4) is 0 Å². The lowest BCUT2D eigenvalue weighted by Crippen LogP contribution is -2.24. The van der Waals surface area contributed by atoms with E-state index in [-0.39, 0.29) is 11.7 Å². The van der Waals surface area contributed by atoms with E-state index in [1.165, 1.54) is 5.56 Å². The number of carbonyl (C=O) groups excluding carboxylic acids is 2. The minimum Gasteiger partial charge on any atom is -0.493 e. The molecular weight excluding hydrogens is 414 g/mol. The number of ketones is 1. The Balaban J connectivity index is 1.49. The zero-order valence-electron chi connectivity index (χ0n) is 17.6. The molecular formula is C25H24ClNO4. The number of aryl methyl sites for hydroxylation is 1. The van der Waals surface area contributed by atoms with Gasteiger partial charge in [-0.15, -0.1) is 0 Å². The maximum Gasteiger partial charge on any atom is 0.252 e. The summed E-state index contributed by atoms with van der Waals surface area (Å²) in [6.07, 6.45) is 5.77. The average molecular weight is 438 g/mol. The number of benzene rings is 2. The molecule has 160 valence electrons. The van der Waals surface area contributed by atoms with Gasteiger partial charge in [0, 0.05) is 34.7 Å². The third-order valence-corrected chi connectivity index (χ3v) is 6.31. The molecule has 0 N–H and O–H groups in total. The van der Waals surface area contributed by atoms with Crippen molar-refractivity contribution in [2.75, 3.05) is 14.2 Å². The third-order valence-electron chi connectivity index (χ3n) is 6.10. The smallest absolute Gasteiger partial charge is 0.252 e. The van der Waals surface area contributed by atoms with E-state index in [0.29, 0.717) is 29.0 Å². The molecule has 1 aromatic heterocycles. The zero-order chi connectivity index (χ0) is 22.0. The van der Waals surface area contributed by atoms with Gasteiger partial charge in [0.15, 0.2) is 17.3 Å². The largest absolute Gasteiger partial charge is 0.493 e. The van der Waals surface area contributed by atoms with Crippen molar-refractivity contribution in [3.05, 3.63) is 64.8 Å². The van der Waals surface area contributed by atoms with Crippen molar-refractivity contribution in [3.63, 3.8) is 0 Å². The van der Waals surface area contributed by atoms with Gasteiger partial charge in [-0.05, 0) is 73.0 Å².